The van der Waals surface area contributed by atoms with Gasteiger partial charge in [-0.2, -0.15) is 0 Å². The molecule has 0 amide bonds. The topological polar surface area (TPSA) is 59.9 Å². The first-order valence-corrected chi connectivity index (χ1v) is 7.59. The Morgan fingerprint density at radius 3 is 2.76 bits per heavy atom. The van der Waals surface area contributed by atoms with Crippen molar-refractivity contribution in [1.29, 1.82) is 0 Å². The Morgan fingerprint density at radius 1 is 1.35 bits per heavy atom. The van der Waals surface area contributed by atoms with Gasteiger partial charge in [0.25, 0.3) is 0 Å². The zero-order valence-corrected chi connectivity index (χ0v) is 11.2. The third-order valence-electron chi connectivity index (χ3n) is 2.41. The zero-order chi connectivity index (χ0) is 12.5. The number of rotatable bonds is 3. The predicted molar refractivity (Wildman–Crippen MR) is 67.8 cm³/mol. The second-order valence-electron chi connectivity index (χ2n) is 3.68. The van der Waals surface area contributed by atoms with Crippen molar-refractivity contribution in [2.45, 2.75) is 18.1 Å². The molecule has 0 bridgehead atoms. The lowest BCUT2D eigenvalue weighted by Gasteiger charge is -2.02. The summed E-state index contributed by atoms with van der Waals surface area (Å²) in [4.78, 5) is 0. The minimum Gasteiger partial charge on any atom is -0.223 e. The number of sulfone groups is 1. The van der Waals surface area contributed by atoms with Gasteiger partial charge in [0.2, 0.25) is 0 Å². The van der Waals surface area contributed by atoms with Crippen molar-refractivity contribution in [2.24, 2.45) is 0 Å². The number of aromatic nitrogens is 2. The maximum Gasteiger partial charge on any atom is 0.191 e. The fourth-order valence-electron chi connectivity index (χ4n) is 1.49. The van der Waals surface area contributed by atoms with Crippen LogP contribution in [0.3, 0.4) is 0 Å². The fraction of sp³-hybridized carbons (Fsp3) is 0.273. The van der Waals surface area contributed by atoms with Gasteiger partial charge in [-0.1, -0.05) is 35.2 Å². The lowest BCUT2D eigenvalue weighted by molar-refractivity contribution is 0.599. The van der Waals surface area contributed by atoms with Crippen molar-refractivity contribution in [3.63, 3.8) is 0 Å². The Balaban J connectivity index is 2.59. The van der Waals surface area contributed by atoms with Gasteiger partial charge in [-0.15, -0.1) is 5.10 Å². The van der Waals surface area contributed by atoms with Gasteiger partial charge in [-0.3, -0.25) is 0 Å². The van der Waals surface area contributed by atoms with Crippen LogP contribution in [0.15, 0.2) is 28.5 Å². The number of hydrogen-bond donors (Lipinski definition) is 0. The summed E-state index contributed by atoms with van der Waals surface area (Å²) in [5, 5.41) is 3.93. The first-order valence-electron chi connectivity index (χ1n) is 5.16. The normalized spacial score (nSPS) is 11.6. The van der Waals surface area contributed by atoms with Crippen LogP contribution in [0.4, 0.5) is 0 Å². The molecule has 0 saturated heterocycles. The molecule has 0 fully saturated rings. The number of aryl methyl sites for hydroxylation is 1. The van der Waals surface area contributed by atoms with Crippen LogP contribution >= 0.6 is 11.5 Å². The largest absolute Gasteiger partial charge is 0.223 e. The Labute approximate surface area is 104 Å². The smallest absolute Gasteiger partial charge is 0.191 e. The maximum atomic E-state index is 11.9. The van der Waals surface area contributed by atoms with E-state index in [2.05, 4.69) is 9.59 Å². The predicted octanol–water partition coefficient (Wildman–Crippen LogP) is 2.31. The van der Waals surface area contributed by atoms with Gasteiger partial charge in [0, 0.05) is 17.1 Å². The van der Waals surface area contributed by atoms with Crippen LogP contribution in [0.1, 0.15) is 12.5 Å². The molecule has 2 aromatic rings. The van der Waals surface area contributed by atoms with E-state index >= 15 is 0 Å². The van der Waals surface area contributed by atoms with E-state index in [9.17, 15) is 8.42 Å². The molecule has 2 rings (SSSR count). The lowest BCUT2D eigenvalue weighted by atomic mass is 10.1. The summed E-state index contributed by atoms with van der Waals surface area (Å²) in [5.74, 6) is 0.0652. The van der Waals surface area contributed by atoms with Crippen LogP contribution in [-0.4, -0.2) is 23.8 Å². The Kier molecular flexibility index (Phi) is 3.26. The molecule has 4 nitrogen and oxygen atoms in total. The van der Waals surface area contributed by atoms with Crippen molar-refractivity contribution < 1.29 is 8.42 Å². The van der Waals surface area contributed by atoms with E-state index in [0.717, 1.165) is 22.7 Å². The Hall–Kier alpha value is -1.27. The van der Waals surface area contributed by atoms with Crippen LogP contribution in [-0.2, 0) is 9.84 Å². The molecule has 1 heterocycles. The third-order valence-corrected chi connectivity index (χ3v) is 5.44. The molecule has 0 aliphatic heterocycles. The SMILES string of the molecule is CCS(=O)(=O)c1snnc1-c1cccc(C)c1. The second-order valence-corrected chi connectivity index (χ2v) is 6.91. The highest BCUT2D eigenvalue weighted by atomic mass is 32.2. The van der Waals surface area contributed by atoms with Crippen molar-refractivity contribution in [1.82, 2.24) is 9.59 Å². The molecule has 17 heavy (non-hydrogen) atoms. The Bertz CT molecular complexity index is 632. The van der Waals surface area contributed by atoms with Gasteiger partial charge in [0.1, 0.15) is 5.69 Å². The summed E-state index contributed by atoms with van der Waals surface area (Å²) in [5.41, 5.74) is 2.32. The molecule has 0 spiro atoms. The summed E-state index contributed by atoms with van der Waals surface area (Å²) in [6.45, 7) is 3.58. The van der Waals surface area contributed by atoms with E-state index in [-0.39, 0.29) is 9.96 Å². The maximum absolute atomic E-state index is 11.9. The fourth-order valence-corrected chi connectivity index (χ4v) is 3.55. The van der Waals surface area contributed by atoms with Crippen LogP contribution in [0, 0.1) is 6.92 Å². The lowest BCUT2D eigenvalue weighted by Crippen LogP contribution is -2.03. The molecule has 0 unspecified atom stereocenters. The first kappa shape index (κ1) is 12.2. The van der Waals surface area contributed by atoms with E-state index in [1.54, 1.807) is 6.92 Å². The van der Waals surface area contributed by atoms with E-state index in [1.807, 2.05) is 31.2 Å². The molecule has 1 aromatic heterocycles. The molecule has 0 saturated carbocycles. The number of nitrogens with zero attached hydrogens (tertiary/aromatic N) is 2. The molecule has 0 radical (unpaired) electrons. The molecule has 6 heteroatoms. The van der Waals surface area contributed by atoms with Gasteiger partial charge < -0.3 is 0 Å². The van der Waals surface area contributed by atoms with Crippen LogP contribution in [0.25, 0.3) is 11.3 Å². The van der Waals surface area contributed by atoms with Gasteiger partial charge >= 0.3 is 0 Å². The van der Waals surface area contributed by atoms with Crippen molar-refractivity contribution in [3.05, 3.63) is 29.8 Å². The van der Waals surface area contributed by atoms with Crippen molar-refractivity contribution in [3.8, 4) is 11.3 Å². The molecular formula is C11H12N2O2S2. The molecule has 0 aliphatic carbocycles. The summed E-state index contributed by atoms with van der Waals surface area (Å²) in [6.07, 6.45) is 0. The molecule has 0 atom stereocenters. The first-order chi connectivity index (χ1) is 8.04. The highest BCUT2D eigenvalue weighted by Gasteiger charge is 2.22. The van der Waals surface area contributed by atoms with E-state index in [1.165, 1.54) is 0 Å². The monoisotopic (exact) mass is 268 g/mol. The van der Waals surface area contributed by atoms with E-state index < -0.39 is 9.84 Å². The average molecular weight is 268 g/mol. The van der Waals surface area contributed by atoms with Gasteiger partial charge in [0.05, 0.1) is 5.75 Å². The van der Waals surface area contributed by atoms with Gasteiger partial charge in [-0.05, 0) is 13.0 Å². The van der Waals surface area contributed by atoms with Gasteiger partial charge in [0.15, 0.2) is 14.0 Å². The molecule has 90 valence electrons. The number of benzene rings is 1. The van der Waals surface area contributed by atoms with Crippen LogP contribution in [0.5, 0.6) is 0 Å². The summed E-state index contributed by atoms with van der Waals surface area (Å²) < 4.78 is 27.8. The summed E-state index contributed by atoms with van der Waals surface area (Å²) in [6, 6.07) is 7.59. The average Bonchev–Trinajstić information content (AvgIpc) is 2.78. The molecule has 1 aromatic carbocycles. The standard InChI is InChI=1S/C11H12N2O2S2/c1-3-17(14,15)11-10(12-13-16-11)9-6-4-5-8(2)7-9/h4-7H,3H2,1-2H3. The molecule has 0 N–H and O–H groups in total. The quantitative estimate of drug-likeness (QED) is 0.857. The van der Waals surface area contributed by atoms with Crippen molar-refractivity contribution >= 4 is 21.4 Å². The minimum atomic E-state index is -3.25. The van der Waals surface area contributed by atoms with Crippen LogP contribution < -0.4 is 0 Å². The second kappa shape index (κ2) is 4.54. The van der Waals surface area contributed by atoms with E-state index in [0.29, 0.717) is 5.69 Å². The molecular weight excluding hydrogens is 256 g/mol. The van der Waals surface area contributed by atoms with Crippen molar-refractivity contribution in [2.75, 3.05) is 5.75 Å². The Morgan fingerprint density at radius 2 is 2.12 bits per heavy atom. The van der Waals surface area contributed by atoms with E-state index in [4.69, 9.17) is 0 Å². The van der Waals surface area contributed by atoms with Crippen LogP contribution in [0.2, 0.25) is 0 Å². The summed E-state index contributed by atoms with van der Waals surface area (Å²) in [7, 11) is -3.25. The summed E-state index contributed by atoms with van der Waals surface area (Å²) >= 11 is 0.933. The minimum absolute atomic E-state index is 0.0652. The highest BCUT2D eigenvalue weighted by Crippen LogP contribution is 2.29. The number of hydrogen-bond acceptors (Lipinski definition) is 5. The highest BCUT2D eigenvalue weighted by molar-refractivity contribution is 7.93. The zero-order valence-electron chi connectivity index (χ0n) is 9.54. The van der Waals surface area contributed by atoms with Gasteiger partial charge in [-0.25, -0.2) is 8.42 Å². The third kappa shape index (κ3) is 2.37. The molecule has 0 aliphatic rings.